The average Bonchev–Trinajstić information content (AvgIpc) is 3.02. The minimum atomic E-state index is -0.374. The molecule has 6 nitrogen and oxygen atoms in total. The highest BCUT2D eigenvalue weighted by Gasteiger charge is 2.36. The molecule has 0 bridgehead atoms. The Hall–Kier alpha value is -2.54. The number of likely N-dealkylation sites (N-methyl/N-ethyl adjacent to an activating group) is 1. The molecule has 148 valence electrons. The van der Waals surface area contributed by atoms with Crippen molar-refractivity contribution in [3.05, 3.63) is 58.3 Å². The van der Waals surface area contributed by atoms with E-state index in [9.17, 15) is 20.1 Å². The van der Waals surface area contributed by atoms with E-state index in [-0.39, 0.29) is 58.9 Å². The highest BCUT2D eigenvalue weighted by molar-refractivity contribution is 5.89. The fourth-order valence-corrected chi connectivity index (χ4v) is 4.04. The van der Waals surface area contributed by atoms with E-state index < -0.39 is 0 Å². The molecule has 1 aliphatic rings. The zero-order valence-corrected chi connectivity index (χ0v) is 16.1. The summed E-state index contributed by atoms with van der Waals surface area (Å²) in [7, 11) is 1.91. The van der Waals surface area contributed by atoms with Gasteiger partial charge in [0.25, 0.3) is 0 Å². The molecular weight excluding hydrogens is 382 g/mol. The molecule has 1 aromatic heterocycles. The summed E-state index contributed by atoms with van der Waals surface area (Å²) >= 11 is 0. The molecular formula is C21H22ClNO5. The lowest BCUT2D eigenvalue weighted by atomic mass is 9.89. The third kappa shape index (κ3) is 3.24. The summed E-state index contributed by atoms with van der Waals surface area (Å²) in [5, 5.41) is 30.7. The number of phenolic OH excluding ortho intramolecular Hbond substituents is 2. The lowest BCUT2D eigenvalue weighted by Gasteiger charge is -2.24. The average molecular weight is 404 g/mol. The maximum absolute atomic E-state index is 12.7. The molecule has 2 atom stereocenters. The molecule has 0 saturated carbocycles. The number of halogens is 1. The second-order valence-corrected chi connectivity index (χ2v) is 7.00. The number of hydrogen-bond acceptors (Lipinski definition) is 6. The van der Waals surface area contributed by atoms with Crippen LogP contribution in [0.2, 0.25) is 0 Å². The molecule has 0 spiro atoms. The molecule has 1 fully saturated rings. The Morgan fingerprint density at radius 1 is 1.14 bits per heavy atom. The first kappa shape index (κ1) is 20.2. The minimum Gasteiger partial charge on any atom is -0.507 e. The van der Waals surface area contributed by atoms with Crippen molar-refractivity contribution < 1.29 is 19.7 Å². The van der Waals surface area contributed by atoms with Crippen LogP contribution in [0.5, 0.6) is 11.5 Å². The number of benzene rings is 2. The van der Waals surface area contributed by atoms with Gasteiger partial charge in [-0.2, -0.15) is 0 Å². The molecule has 0 aliphatic carbocycles. The highest BCUT2D eigenvalue weighted by Crippen LogP contribution is 2.44. The largest absolute Gasteiger partial charge is 0.507 e. The van der Waals surface area contributed by atoms with Crippen LogP contribution in [0.3, 0.4) is 0 Å². The van der Waals surface area contributed by atoms with Gasteiger partial charge in [0, 0.05) is 35.2 Å². The zero-order valence-electron chi connectivity index (χ0n) is 15.3. The fraction of sp³-hybridized carbons (Fsp3) is 0.286. The number of fused-ring (bicyclic) bond motifs is 1. The van der Waals surface area contributed by atoms with Crippen LogP contribution in [0, 0.1) is 0 Å². The number of aliphatic hydroxyl groups is 1. The van der Waals surface area contributed by atoms with Crippen LogP contribution in [-0.2, 0) is 0 Å². The molecule has 28 heavy (non-hydrogen) atoms. The second-order valence-electron chi connectivity index (χ2n) is 7.00. The smallest absolute Gasteiger partial charge is 0.197 e. The molecule has 0 radical (unpaired) electrons. The molecule has 7 heteroatoms. The number of hydrogen-bond donors (Lipinski definition) is 3. The van der Waals surface area contributed by atoms with E-state index in [1.54, 1.807) is 0 Å². The highest BCUT2D eigenvalue weighted by atomic mass is 35.5. The topological polar surface area (TPSA) is 94.1 Å². The van der Waals surface area contributed by atoms with Crippen LogP contribution < -0.4 is 5.43 Å². The molecule has 4 rings (SSSR count). The number of likely N-dealkylation sites (tertiary alicyclic amines) is 1. The summed E-state index contributed by atoms with van der Waals surface area (Å²) in [4.78, 5) is 14.7. The van der Waals surface area contributed by atoms with Gasteiger partial charge in [0.2, 0.25) is 0 Å². The summed E-state index contributed by atoms with van der Waals surface area (Å²) in [5.41, 5.74) is 0.993. The van der Waals surface area contributed by atoms with E-state index in [1.807, 2.05) is 42.3 Å². The molecule has 0 unspecified atom stereocenters. The van der Waals surface area contributed by atoms with Crippen LogP contribution >= 0.6 is 12.4 Å². The van der Waals surface area contributed by atoms with Crippen molar-refractivity contribution in [1.82, 2.24) is 4.90 Å². The van der Waals surface area contributed by atoms with E-state index in [4.69, 9.17) is 4.42 Å². The van der Waals surface area contributed by atoms with Crippen LogP contribution in [0.1, 0.15) is 17.9 Å². The number of aliphatic hydroxyl groups excluding tert-OH is 1. The van der Waals surface area contributed by atoms with Crippen molar-refractivity contribution in [2.45, 2.75) is 18.4 Å². The predicted octanol–water partition coefficient (Wildman–Crippen LogP) is 3.07. The first-order valence-corrected chi connectivity index (χ1v) is 8.90. The number of aromatic hydroxyl groups is 2. The Kier molecular flexibility index (Phi) is 5.65. The summed E-state index contributed by atoms with van der Waals surface area (Å²) in [6.07, 6.45) is 0.703. The van der Waals surface area contributed by atoms with E-state index in [1.165, 1.54) is 12.1 Å². The number of rotatable bonds is 3. The molecule has 1 saturated heterocycles. The number of nitrogens with zero attached hydrogens (tertiary/aromatic N) is 1. The van der Waals surface area contributed by atoms with Crippen molar-refractivity contribution in [2.24, 2.45) is 0 Å². The monoisotopic (exact) mass is 403 g/mol. The SMILES string of the molecule is CN1CC[C@H](c2c(O)cc(O)c3c(=O)cc(-c4ccccc4)oc23)[C@H]1CO.Cl. The van der Waals surface area contributed by atoms with E-state index in [2.05, 4.69) is 0 Å². The summed E-state index contributed by atoms with van der Waals surface area (Å²) in [5.74, 6) is -0.290. The van der Waals surface area contributed by atoms with E-state index in [0.29, 0.717) is 17.7 Å². The maximum Gasteiger partial charge on any atom is 0.197 e. The fourth-order valence-electron chi connectivity index (χ4n) is 4.04. The van der Waals surface area contributed by atoms with Crippen molar-refractivity contribution in [3.8, 4) is 22.8 Å². The molecule has 3 N–H and O–H groups in total. The van der Waals surface area contributed by atoms with E-state index in [0.717, 1.165) is 12.1 Å². The second kappa shape index (κ2) is 7.83. The molecule has 2 heterocycles. The minimum absolute atomic E-state index is 0. The molecule has 3 aromatic rings. The van der Waals surface area contributed by atoms with Crippen LogP contribution in [-0.4, -0.2) is 46.5 Å². The normalized spacial score (nSPS) is 19.6. The van der Waals surface area contributed by atoms with Gasteiger partial charge in [0.05, 0.1) is 6.61 Å². The van der Waals surface area contributed by atoms with Gasteiger partial charge >= 0.3 is 0 Å². The van der Waals surface area contributed by atoms with Crippen LogP contribution in [0.15, 0.2) is 51.7 Å². The van der Waals surface area contributed by atoms with Crippen molar-refractivity contribution in [2.75, 3.05) is 20.2 Å². The molecule has 1 aliphatic heterocycles. The summed E-state index contributed by atoms with van der Waals surface area (Å²) in [6.45, 7) is 0.673. The lowest BCUT2D eigenvalue weighted by Crippen LogP contribution is -2.32. The standard InChI is InChI=1S/C21H21NO5.ClH/c1-22-8-7-13(14(22)11-23)19-15(24)9-16(25)20-17(26)10-18(27-21(19)20)12-5-3-2-4-6-12;/h2-6,9-10,13-14,23-25H,7-8,11H2,1H3;1H/t13-,14+;/m0./s1. The lowest BCUT2D eigenvalue weighted by molar-refractivity contribution is 0.172. The van der Waals surface area contributed by atoms with Gasteiger partial charge in [-0.25, -0.2) is 0 Å². The summed E-state index contributed by atoms with van der Waals surface area (Å²) < 4.78 is 6.04. The Balaban J connectivity index is 0.00000225. The maximum atomic E-state index is 12.7. The quantitative estimate of drug-likeness (QED) is 0.622. The van der Waals surface area contributed by atoms with E-state index >= 15 is 0 Å². The van der Waals surface area contributed by atoms with Crippen LogP contribution in [0.25, 0.3) is 22.3 Å². The summed E-state index contributed by atoms with van der Waals surface area (Å²) in [6, 6.07) is 11.5. The Morgan fingerprint density at radius 2 is 1.86 bits per heavy atom. The molecule has 0 amide bonds. The Labute approximate surface area is 168 Å². The first-order valence-electron chi connectivity index (χ1n) is 8.90. The zero-order chi connectivity index (χ0) is 19.1. The van der Waals surface area contributed by atoms with Crippen molar-refractivity contribution in [3.63, 3.8) is 0 Å². The predicted molar refractivity (Wildman–Crippen MR) is 109 cm³/mol. The van der Waals surface area contributed by atoms with Gasteiger partial charge in [-0.1, -0.05) is 30.3 Å². The van der Waals surface area contributed by atoms with Crippen LogP contribution in [0.4, 0.5) is 0 Å². The van der Waals surface area contributed by atoms with Gasteiger partial charge in [0.1, 0.15) is 28.2 Å². The number of phenols is 2. The first-order chi connectivity index (χ1) is 13.0. The Morgan fingerprint density at radius 3 is 2.54 bits per heavy atom. The van der Waals surface area contributed by atoms with Crippen molar-refractivity contribution >= 4 is 23.4 Å². The third-order valence-electron chi connectivity index (χ3n) is 5.44. The van der Waals surface area contributed by atoms with Crippen molar-refractivity contribution in [1.29, 1.82) is 0 Å². The van der Waals surface area contributed by atoms with Gasteiger partial charge in [-0.3, -0.25) is 4.79 Å². The Bertz CT molecular complexity index is 1050. The van der Waals surface area contributed by atoms with Gasteiger partial charge in [0.15, 0.2) is 5.43 Å². The van der Waals surface area contributed by atoms with Gasteiger partial charge < -0.3 is 24.6 Å². The van der Waals surface area contributed by atoms with Gasteiger partial charge in [-0.15, -0.1) is 12.4 Å². The molecule has 2 aromatic carbocycles. The van der Waals surface area contributed by atoms with Gasteiger partial charge in [-0.05, 0) is 20.0 Å². The third-order valence-corrected chi connectivity index (χ3v) is 5.44.